The number of hydrogen-bond donors (Lipinski definition) is 0. The van der Waals surface area contributed by atoms with Gasteiger partial charge in [-0.25, -0.2) is 0 Å². The van der Waals surface area contributed by atoms with Crippen LogP contribution in [0.1, 0.15) is 53.9 Å². The lowest BCUT2D eigenvalue weighted by Crippen LogP contribution is -2.37. The molecule has 2 nitrogen and oxygen atoms in total. The zero-order valence-corrected chi connectivity index (χ0v) is 11.6. The van der Waals surface area contributed by atoms with E-state index in [0.29, 0.717) is 5.04 Å². The summed E-state index contributed by atoms with van der Waals surface area (Å²) in [5.41, 5.74) is 0. The zero-order valence-electron chi connectivity index (χ0n) is 10.4. The minimum Gasteiger partial charge on any atom is -0.397 e. The monoisotopic (exact) mass is 218 g/mol. The van der Waals surface area contributed by atoms with Crippen molar-refractivity contribution in [2.75, 3.05) is 13.2 Å². The molecule has 14 heavy (non-hydrogen) atoms. The lowest BCUT2D eigenvalue weighted by atomic mass is 9.99. The zero-order chi connectivity index (χ0) is 11.0. The highest BCUT2D eigenvalue weighted by Gasteiger charge is 2.38. The fraction of sp³-hybridized carbons (Fsp3) is 1.00. The van der Waals surface area contributed by atoms with Crippen LogP contribution >= 0.6 is 0 Å². The molecule has 0 bridgehead atoms. The molecule has 0 aliphatic rings. The van der Waals surface area contributed by atoms with Gasteiger partial charge in [-0.1, -0.05) is 20.8 Å². The molecule has 0 saturated heterocycles. The molecular weight excluding hydrogens is 192 g/mol. The molecule has 0 radical (unpaired) electrons. The third-order valence-corrected chi connectivity index (χ3v) is 6.75. The van der Waals surface area contributed by atoms with Gasteiger partial charge in [0.25, 0.3) is 0 Å². The Morgan fingerprint density at radius 3 is 1.36 bits per heavy atom. The first kappa shape index (κ1) is 14.1. The van der Waals surface area contributed by atoms with Crippen molar-refractivity contribution in [1.29, 1.82) is 0 Å². The van der Waals surface area contributed by atoms with Gasteiger partial charge >= 0.3 is 9.28 Å². The summed E-state index contributed by atoms with van der Waals surface area (Å²) in [6.07, 6.45) is 3.53. The molecule has 0 aliphatic heterocycles. The predicted octanol–water partition coefficient (Wildman–Crippen LogP) is 3.25. The first-order valence-electron chi connectivity index (χ1n) is 5.93. The normalized spacial score (nSPS) is 12.4. The Kier molecular flexibility index (Phi) is 7.50. The quantitative estimate of drug-likeness (QED) is 0.582. The van der Waals surface area contributed by atoms with Crippen LogP contribution in [0.2, 0.25) is 5.04 Å². The summed E-state index contributed by atoms with van der Waals surface area (Å²) in [5, 5.41) is 0.339. The van der Waals surface area contributed by atoms with Crippen LogP contribution in [0.3, 0.4) is 0 Å². The van der Waals surface area contributed by atoms with E-state index in [2.05, 4.69) is 34.6 Å². The van der Waals surface area contributed by atoms with Crippen molar-refractivity contribution in [2.24, 2.45) is 0 Å². The van der Waals surface area contributed by atoms with Crippen molar-refractivity contribution in [3.05, 3.63) is 0 Å². The second-order valence-corrected chi connectivity index (χ2v) is 6.22. The van der Waals surface area contributed by atoms with E-state index in [9.17, 15) is 0 Å². The van der Waals surface area contributed by atoms with E-state index in [-0.39, 0.29) is 0 Å². The topological polar surface area (TPSA) is 18.5 Å². The first-order chi connectivity index (χ1) is 6.70. The summed E-state index contributed by atoms with van der Waals surface area (Å²) in [5.74, 6) is 0. The molecule has 0 rings (SSSR count). The van der Waals surface area contributed by atoms with Gasteiger partial charge in [-0.05, 0) is 33.1 Å². The van der Waals surface area contributed by atoms with E-state index in [1.807, 2.05) is 0 Å². The summed E-state index contributed by atoms with van der Waals surface area (Å²) >= 11 is 0. The van der Waals surface area contributed by atoms with Gasteiger partial charge in [0.05, 0.1) is 0 Å². The van der Waals surface area contributed by atoms with Gasteiger partial charge in [0, 0.05) is 18.3 Å². The van der Waals surface area contributed by atoms with Crippen molar-refractivity contribution >= 4 is 9.28 Å². The SMILES string of the molecule is CCO[SiH](OCC)C(CC)(CC)CC. The first-order valence-corrected chi connectivity index (χ1v) is 7.45. The van der Waals surface area contributed by atoms with Crippen LogP contribution in [0.15, 0.2) is 0 Å². The highest BCUT2D eigenvalue weighted by molar-refractivity contribution is 6.48. The lowest BCUT2D eigenvalue weighted by Gasteiger charge is -2.36. The van der Waals surface area contributed by atoms with Crippen LogP contribution < -0.4 is 0 Å². The van der Waals surface area contributed by atoms with E-state index in [1.54, 1.807) is 0 Å². The van der Waals surface area contributed by atoms with Crippen molar-refractivity contribution in [3.8, 4) is 0 Å². The summed E-state index contributed by atoms with van der Waals surface area (Å²) in [4.78, 5) is 0. The maximum atomic E-state index is 5.84. The van der Waals surface area contributed by atoms with Crippen LogP contribution in [-0.2, 0) is 8.85 Å². The Morgan fingerprint density at radius 1 is 0.786 bits per heavy atom. The van der Waals surface area contributed by atoms with Gasteiger partial charge in [-0.2, -0.15) is 0 Å². The average molecular weight is 218 g/mol. The fourth-order valence-electron chi connectivity index (χ4n) is 1.95. The number of rotatable bonds is 8. The Hall–Kier alpha value is 0.137. The molecule has 0 aromatic rings. The van der Waals surface area contributed by atoms with E-state index < -0.39 is 9.28 Å². The van der Waals surface area contributed by atoms with Gasteiger partial charge in [0.15, 0.2) is 0 Å². The van der Waals surface area contributed by atoms with Crippen molar-refractivity contribution in [1.82, 2.24) is 0 Å². The molecule has 0 saturated carbocycles. The second-order valence-electron chi connectivity index (χ2n) is 3.67. The van der Waals surface area contributed by atoms with Gasteiger partial charge in [-0.3, -0.25) is 0 Å². The van der Waals surface area contributed by atoms with E-state index in [0.717, 1.165) is 13.2 Å². The highest BCUT2D eigenvalue weighted by Crippen LogP contribution is 2.42. The second kappa shape index (κ2) is 7.43. The molecule has 0 atom stereocenters. The Balaban J connectivity index is 4.52. The lowest BCUT2D eigenvalue weighted by molar-refractivity contribution is 0.177. The molecule has 0 aromatic carbocycles. The average Bonchev–Trinajstić information content (AvgIpc) is 2.22. The van der Waals surface area contributed by atoms with Gasteiger partial charge in [0.2, 0.25) is 0 Å². The maximum Gasteiger partial charge on any atom is 0.327 e. The Labute approximate surface area is 90.8 Å². The molecular formula is C11H26O2Si. The molecule has 0 aliphatic carbocycles. The molecule has 3 heteroatoms. The highest BCUT2D eigenvalue weighted by atomic mass is 28.3. The van der Waals surface area contributed by atoms with Gasteiger partial charge in [-0.15, -0.1) is 0 Å². The molecule has 0 aromatic heterocycles. The maximum absolute atomic E-state index is 5.84. The van der Waals surface area contributed by atoms with Crippen molar-refractivity contribution in [2.45, 2.75) is 58.9 Å². The van der Waals surface area contributed by atoms with Crippen LogP contribution in [0.5, 0.6) is 0 Å². The van der Waals surface area contributed by atoms with E-state index >= 15 is 0 Å². The summed E-state index contributed by atoms with van der Waals surface area (Å²) in [6.45, 7) is 12.5. The van der Waals surface area contributed by atoms with Crippen molar-refractivity contribution < 1.29 is 8.85 Å². The largest absolute Gasteiger partial charge is 0.397 e. The molecule has 0 heterocycles. The summed E-state index contributed by atoms with van der Waals surface area (Å²) < 4.78 is 11.7. The Morgan fingerprint density at radius 2 is 1.14 bits per heavy atom. The summed E-state index contributed by atoms with van der Waals surface area (Å²) in [6, 6.07) is 0. The third-order valence-electron chi connectivity index (χ3n) is 3.25. The minimum absolute atomic E-state index is 0.339. The van der Waals surface area contributed by atoms with Crippen LogP contribution in [0.25, 0.3) is 0 Å². The molecule has 0 fully saturated rings. The van der Waals surface area contributed by atoms with Gasteiger partial charge in [0.1, 0.15) is 0 Å². The molecule has 0 unspecified atom stereocenters. The number of hydrogen-bond acceptors (Lipinski definition) is 2. The van der Waals surface area contributed by atoms with E-state index in [4.69, 9.17) is 8.85 Å². The van der Waals surface area contributed by atoms with E-state index in [1.165, 1.54) is 19.3 Å². The predicted molar refractivity (Wildman–Crippen MR) is 64.0 cm³/mol. The molecule has 0 spiro atoms. The molecule has 0 amide bonds. The van der Waals surface area contributed by atoms with Crippen LogP contribution in [-0.4, -0.2) is 22.5 Å². The molecule has 86 valence electrons. The van der Waals surface area contributed by atoms with Gasteiger partial charge < -0.3 is 8.85 Å². The Bertz CT molecular complexity index is 121. The fourth-order valence-corrected chi connectivity index (χ4v) is 4.36. The standard InChI is InChI=1S/C11H26O2Si/c1-6-11(7-2,8-3)14(12-9-4)13-10-5/h14H,6-10H2,1-5H3. The third kappa shape index (κ3) is 3.37. The molecule has 0 N–H and O–H groups in total. The smallest absolute Gasteiger partial charge is 0.327 e. The van der Waals surface area contributed by atoms with Crippen molar-refractivity contribution in [3.63, 3.8) is 0 Å². The van der Waals surface area contributed by atoms with Crippen LogP contribution in [0.4, 0.5) is 0 Å². The van der Waals surface area contributed by atoms with Crippen LogP contribution in [0, 0.1) is 0 Å². The minimum atomic E-state index is -1.48. The summed E-state index contributed by atoms with van der Waals surface area (Å²) in [7, 11) is -1.48.